The molecule has 3 heteroatoms. The monoisotopic (exact) mass is 272 g/mol. The third kappa shape index (κ3) is 2.18. The van der Waals surface area contributed by atoms with Crippen LogP contribution in [-0.2, 0) is 18.4 Å². The molecular weight excluding hydrogens is 255 g/mol. The van der Waals surface area contributed by atoms with E-state index in [1.165, 1.54) is 18.7 Å². The van der Waals surface area contributed by atoms with Gasteiger partial charge in [-0.05, 0) is 36.1 Å². The van der Waals surface area contributed by atoms with Crippen molar-refractivity contribution in [2.75, 3.05) is 7.11 Å². The maximum absolute atomic E-state index is 14.2. The molecule has 0 aromatic heterocycles. The number of aliphatic hydroxyl groups is 1. The lowest BCUT2D eigenvalue weighted by Crippen LogP contribution is -2.34. The number of hydrogen-bond donors (Lipinski definition) is 1. The van der Waals surface area contributed by atoms with E-state index in [0.29, 0.717) is 24.2 Å². The normalized spacial score (nSPS) is 21.4. The third-order valence-corrected chi connectivity index (χ3v) is 4.09. The number of rotatable bonds is 2. The van der Waals surface area contributed by atoms with Gasteiger partial charge in [-0.25, -0.2) is 4.39 Å². The lowest BCUT2D eigenvalue weighted by Gasteiger charge is -2.34. The van der Waals surface area contributed by atoms with Gasteiger partial charge in [0.2, 0.25) is 0 Å². The molecule has 1 aliphatic carbocycles. The summed E-state index contributed by atoms with van der Waals surface area (Å²) in [6.45, 7) is 0. The van der Waals surface area contributed by atoms with Crippen molar-refractivity contribution < 1.29 is 14.2 Å². The minimum atomic E-state index is -1.13. The zero-order valence-electron chi connectivity index (χ0n) is 11.4. The summed E-state index contributed by atoms with van der Waals surface area (Å²) >= 11 is 0. The van der Waals surface area contributed by atoms with Crippen LogP contribution >= 0.6 is 0 Å². The van der Waals surface area contributed by atoms with Crippen molar-refractivity contribution in [3.8, 4) is 5.75 Å². The topological polar surface area (TPSA) is 29.5 Å². The molecule has 1 unspecified atom stereocenters. The van der Waals surface area contributed by atoms with Crippen LogP contribution in [0, 0.1) is 5.82 Å². The van der Waals surface area contributed by atoms with Crippen LogP contribution in [0.25, 0.3) is 0 Å². The molecule has 0 radical (unpaired) electrons. The fourth-order valence-corrected chi connectivity index (χ4v) is 2.95. The van der Waals surface area contributed by atoms with Crippen LogP contribution < -0.4 is 4.74 Å². The summed E-state index contributed by atoms with van der Waals surface area (Å²) in [7, 11) is 1.50. The Morgan fingerprint density at radius 2 is 1.90 bits per heavy atom. The predicted octanol–water partition coefficient (Wildman–Crippen LogP) is 3.21. The predicted molar refractivity (Wildman–Crippen MR) is 75.3 cm³/mol. The molecule has 1 aliphatic rings. The van der Waals surface area contributed by atoms with Crippen LogP contribution in [0.5, 0.6) is 5.75 Å². The molecule has 0 saturated carbocycles. The number of fused-ring (bicyclic) bond motifs is 1. The molecule has 1 N–H and O–H groups in total. The fourth-order valence-electron chi connectivity index (χ4n) is 2.95. The molecule has 20 heavy (non-hydrogen) atoms. The van der Waals surface area contributed by atoms with Gasteiger partial charge in [-0.2, -0.15) is 0 Å². The fraction of sp³-hybridized carbons (Fsp3) is 0.294. The average Bonchev–Trinajstić information content (AvgIpc) is 2.46. The van der Waals surface area contributed by atoms with E-state index < -0.39 is 11.4 Å². The van der Waals surface area contributed by atoms with Gasteiger partial charge >= 0.3 is 0 Å². The van der Waals surface area contributed by atoms with E-state index in [2.05, 4.69) is 6.07 Å². The van der Waals surface area contributed by atoms with Gasteiger partial charge in [-0.1, -0.05) is 24.3 Å². The zero-order chi connectivity index (χ0) is 14.2. The van der Waals surface area contributed by atoms with Crippen LogP contribution in [0.3, 0.4) is 0 Å². The number of halogens is 1. The molecule has 2 aromatic carbocycles. The first-order valence-corrected chi connectivity index (χ1v) is 6.75. The van der Waals surface area contributed by atoms with Crippen LogP contribution in [-0.4, -0.2) is 12.2 Å². The van der Waals surface area contributed by atoms with Gasteiger partial charge in [0.1, 0.15) is 11.6 Å². The SMILES string of the molecule is COc1ccc(C2(O)CCc3ccccc3C2)c(F)c1. The quantitative estimate of drug-likeness (QED) is 0.909. The third-order valence-electron chi connectivity index (χ3n) is 4.09. The van der Waals surface area contributed by atoms with E-state index in [9.17, 15) is 9.50 Å². The summed E-state index contributed by atoms with van der Waals surface area (Å²) in [6.07, 6.45) is 1.75. The minimum Gasteiger partial charge on any atom is -0.497 e. The van der Waals surface area contributed by atoms with E-state index in [4.69, 9.17) is 4.74 Å². The maximum atomic E-state index is 14.2. The zero-order valence-corrected chi connectivity index (χ0v) is 11.4. The summed E-state index contributed by atoms with van der Waals surface area (Å²) in [5, 5.41) is 10.9. The number of benzene rings is 2. The molecule has 2 nitrogen and oxygen atoms in total. The molecule has 0 amide bonds. The minimum absolute atomic E-state index is 0.354. The first-order chi connectivity index (χ1) is 9.62. The molecule has 0 saturated heterocycles. The molecule has 0 heterocycles. The Labute approximate surface area is 117 Å². The van der Waals surface area contributed by atoms with E-state index in [1.54, 1.807) is 12.1 Å². The number of methoxy groups -OCH3 is 1. The molecule has 0 bridgehead atoms. The van der Waals surface area contributed by atoms with Gasteiger partial charge in [0, 0.05) is 18.1 Å². The second-order valence-electron chi connectivity index (χ2n) is 5.32. The smallest absolute Gasteiger partial charge is 0.132 e. The van der Waals surface area contributed by atoms with Crippen molar-refractivity contribution in [3.05, 3.63) is 65.0 Å². The molecular formula is C17H17FO2. The highest BCUT2D eigenvalue weighted by atomic mass is 19.1. The highest BCUT2D eigenvalue weighted by Gasteiger charge is 2.35. The van der Waals surface area contributed by atoms with Crippen LogP contribution in [0.4, 0.5) is 4.39 Å². The molecule has 3 rings (SSSR count). The Bertz CT molecular complexity index is 639. The second-order valence-corrected chi connectivity index (χ2v) is 5.32. The Hall–Kier alpha value is -1.87. The van der Waals surface area contributed by atoms with Crippen LogP contribution in [0.1, 0.15) is 23.1 Å². The van der Waals surface area contributed by atoms with E-state index >= 15 is 0 Å². The molecule has 2 aromatic rings. The van der Waals surface area contributed by atoms with Gasteiger partial charge < -0.3 is 9.84 Å². The van der Waals surface area contributed by atoms with Gasteiger partial charge in [-0.3, -0.25) is 0 Å². The van der Waals surface area contributed by atoms with Gasteiger partial charge in [0.25, 0.3) is 0 Å². The molecule has 104 valence electrons. The highest BCUT2D eigenvalue weighted by Crippen LogP contribution is 2.38. The Morgan fingerprint density at radius 1 is 1.15 bits per heavy atom. The van der Waals surface area contributed by atoms with Gasteiger partial charge in [0.05, 0.1) is 12.7 Å². The second kappa shape index (κ2) is 4.91. The van der Waals surface area contributed by atoms with Crippen LogP contribution in [0.2, 0.25) is 0 Å². The largest absolute Gasteiger partial charge is 0.497 e. The Kier molecular flexibility index (Phi) is 3.22. The van der Waals surface area contributed by atoms with Crippen molar-refractivity contribution in [1.82, 2.24) is 0 Å². The van der Waals surface area contributed by atoms with Crippen molar-refractivity contribution >= 4 is 0 Å². The molecule has 0 aliphatic heterocycles. The summed E-state index contributed by atoms with van der Waals surface area (Å²) in [5.41, 5.74) is 1.56. The van der Waals surface area contributed by atoms with Crippen molar-refractivity contribution in [3.63, 3.8) is 0 Å². The number of ether oxygens (including phenoxy) is 1. The molecule has 0 spiro atoms. The first-order valence-electron chi connectivity index (χ1n) is 6.75. The lowest BCUT2D eigenvalue weighted by atomic mass is 9.76. The van der Waals surface area contributed by atoms with Crippen molar-refractivity contribution in [1.29, 1.82) is 0 Å². The van der Waals surface area contributed by atoms with Gasteiger partial charge in [-0.15, -0.1) is 0 Å². The Morgan fingerprint density at radius 3 is 2.60 bits per heavy atom. The standard InChI is InChI=1S/C17H17FO2/c1-20-14-6-7-15(16(18)10-14)17(19)9-8-12-4-2-3-5-13(12)11-17/h2-7,10,19H,8-9,11H2,1H3. The molecule has 0 fully saturated rings. The van der Waals surface area contributed by atoms with E-state index in [1.807, 2.05) is 18.2 Å². The summed E-state index contributed by atoms with van der Waals surface area (Å²) in [4.78, 5) is 0. The number of aryl methyl sites for hydroxylation is 1. The summed E-state index contributed by atoms with van der Waals surface area (Å²) < 4.78 is 19.2. The van der Waals surface area contributed by atoms with Gasteiger partial charge in [0.15, 0.2) is 0 Å². The first kappa shape index (κ1) is 13.1. The van der Waals surface area contributed by atoms with E-state index in [-0.39, 0.29) is 0 Å². The van der Waals surface area contributed by atoms with Crippen molar-refractivity contribution in [2.24, 2.45) is 0 Å². The van der Waals surface area contributed by atoms with Crippen molar-refractivity contribution in [2.45, 2.75) is 24.9 Å². The van der Waals surface area contributed by atoms with E-state index in [0.717, 1.165) is 12.0 Å². The average molecular weight is 272 g/mol. The van der Waals surface area contributed by atoms with Crippen LogP contribution in [0.15, 0.2) is 42.5 Å². The maximum Gasteiger partial charge on any atom is 0.132 e. The summed E-state index contributed by atoms with van der Waals surface area (Å²) in [5.74, 6) is 0.0530. The number of hydrogen-bond acceptors (Lipinski definition) is 2. The summed E-state index contributed by atoms with van der Waals surface area (Å²) in [6, 6.07) is 12.7. The highest BCUT2D eigenvalue weighted by molar-refractivity contribution is 5.38. The Balaban J connectivity index is 1.98. The molecule has 1 atom stereocenters. The lowest BCUT2D eigenvalue weighted by molar-refractivity contribution is 0.0188.